The number of aliphatic hydroxyl groups is 1. The molecule has 2 N–H and O–H groups in total. The molecular weight excluding hydrogens is 235 g/mol. The van der Waals surface area contributed by atoms with Gasteiger partial charge in [-0.15, -0.1) is 0 Å². The van der Waals surface area contributed by atoms with Crippen molar-refractivity contribution in [2.45, 2.75) is 0 Å². The average Bonchev–Trinajstić information content (AvgIpc) is 2.41. The zero-order valence-corrected chi connectivity index (χ0v) is 8.71. The number of hydrogen-bond acceptors (Lipinski definition) is 4. The van der Waals surface area contributed by atoms with Crippen LogP contribution in [0.5, 0.6) is 0 Å². The predicted molar refractivity (Wildman–Crippen MR) is 51.6 cm³/mol. The van der Waals surface area contributed by atoms with Crippen LogP contribution in [0.15, 0.2) is 0 Å². The lowest BCUT2D eigenvalue weighted by molar-refractivity contribution is 0.0949. The van der Waals surface area contributed by atoms with Crippen molar-refractivity contribution in [3.63, 3.8) is 0 Å². The van der Waals surface area contributed by atoms with Gasteiger partial charge in [0.05, 0.1) is 6.61 Å². The number of nitrogens with one attached hydrogen (secondary N) is 1. The summed E-state index contributed by atoms with van der Waals surface area (Å²) in [5.74, 6) is -0.372. The minimum absolute atomic E-state index is 0.0884. The van der Waals surface area contributed by atoms with Crippen molar-refractivity contribution >= 4 is 40.4 Å². The Hall–Kier alpha value is -0.360. The highest BCUT2D eigenvalue weighted by molar-refractivity contribution is 7.18. The van der Waals surface area contributed by atoms with Crippen LogP contribution in [0.1, 0.15) is 9.67 Å². The van der Waals surface area contributed by atoms with Crippen molar-refractivity contribution in [3.05, 3.63) is 14.5 Å². The fraction of sp³-hybridized carbons (Fsp3) is 0.333. The Balaban J connectivity index is 2.70. The third kappa shape index (κ3) is 2.80. The SMILES string of the molecule is O=C(NCCO)c1sc(Cl)nc1Cl. The van der Waals surface area contributed by atoms with Crippen molar-refractivity contribution < 1.29 is 9.90 Å². The molecule has 13 heavy (non-hydrogen) atoms. The van der Waals surface area contributed by atoms with Gasteiger partial charge in [-0.05, 0) is 0 Å². The fourth-order valence-electron chi connectivity index (χ4n) is 0.667. The average molecular weight is 241 g/mol. The second kappa shape index (κ2) is 4.76. The van der Waals surface area contributed by atoms with E-state index in [9.17, 15) is 4.79 Å². The third-order valence-electron chi connectivity index (χ3n) is 1.16. The maximum absolute atomic E-state index is 11.2. The first-order valence-electron chi connectivity index (χ1n) is 3.36. The molecule has 0 aliphatic carbocycles. The molecule has 72 valence electrons. The van der Waals surface area contributed by atoms with Crippen molar-refractivity contribution in [2.24, 2.45) is 0 Å². The molecule has 1 aromatic rings. The van der Waals surface area contributed by atoms with Gasteiger partial charge in [0.1, 0.15) is 4.88 Å². The molecule has 0 saturated carbocycles. The Morgan fingerprint density at radius 3 is 2.77 bits per heavy atom. The van der Waals surface area contributed by atoms with Crippen LogP contribution in [-0.2, 0) is 0 Å². The number of halogens is 2. The van der Waals surface area contributed by atoms with Gasteiger partial charge in [-0.3, -0.25) is 4.79 Å². The normalized spacial score (nSPS) is 10.1. The maximum Gasteiger partial charge on any atom is 0.264 e. The van der Waals surface area contributed by atoms with Crippen molar-refractivity contribution in [2.75, 3.05) is 13.2 Å². The second-order valence-corrected chi connectivity index (χ2v) is 4.01. The summed E-state index contributed by atoms with van der Waals surface area (Å²) in [5, 5.41) is 11.0. The van der Waals surface area contributed by atoms with Crippen molar-refractivity contribution in [3.8, 4) is 0 Å². The predicted octanol–water partition coefficient (Wildman–Crippen LogP) is 1.17. The van der Waals surface area contributed by atoms with Crippen LogP contribution in [0.4, 0.5) is 0 Å². The van der Waals surface area contributed by atoms with Crippen LogP contribution < -0.4 is 5.32 Å². The van der Waals surface area contributed by atoms with E-state index in [1.807, 2.05) is 0 Å². The topological polar surface area (TPSA) is 62.2 Å². The molecule has 0 unspecified atom stereocenters. The van der Waals surface area contributed by atoms with E-state index in [4.69, 9.17) is 28.3 Å². The van der Waals surface area contributed by atoms with Gasteiger partial charge in [0, 0.05) is 6.54 Å². The second-order valence-electron chi connectivity index (χ2n) is 2.07. The molecule has 0 saturated heterocycles. The fourth-order valence-corrected chi connectivity index (χ4v) is 1.96. The lowest BCUT2D eigenvalue weighted by Crippen LogP contribution is -2.25. The van der Waals surface area contributed by atoms with Gasteiger partial charge in [0.25, 0.3) is 5.91 Å². The van der Waals surface area contributed by atoms with Gasteiger partial charge in [-0.25, -0.2) is 4.98 Å². The number of carbonyl (C=O) groups excluding carboxylic acids is 1. The molecule has 0 aliphatic heterocycles. The molecule has 0 atom stereocenters. The Labute approximate surface area is 88.5 Å². The largest absolute Gasteiger partial charge is 0.395 e. The molecule has 0 radical (unpaired) electrons. The van der Waals surface area contributed by atoms with Gasteiger partial charge in [0.15, 0.2) is 9.62 Å². The van der Waals surface area contributed by atoms with E-state index in [2.05, 4.69) is 10.3 Å². The van der Waals surface area contributed by atoms with E-state index in [1.54, 1.807) is 0 Å². The molecule has 1 amide bonds. The van der Waals surface area contributed by atoms with E-state index < -0.39 is 0 Å². The molecule has 0 aliphatic rings. The molecule has 1 rings (SSSR count). The zero-order valence-electron chi connectivity index (χ0n) is 6.38. The number of amides is 1. The summed E-state index contributed by atoms with van der Waals surface area (Å²) < 4.78 is 0.221. The Morgan fingerprint density at radius 2 is 2.31 bits per heavy atom. The summed E-state index contributed by atoms with van der Waals surface area (Å²) in [6.07, 6.45) is 0. The smallest absolute Gasteiger partial charge is 0.264 e. The quantitative estimate of drug-likeness (QED) is 0.834. The molecule has 7 heteroatoms. The van der Waals surface area contributed by atoms with Crippen molar-refractivity contribution in [1.82, 2.24) is 10.3 Å². The Morgan fingerprint density at radius 1 is 1.62 bits per heavy atom. The van der Waals surface area contributed by atoms with Gasteiger partial charge in [-0.1, -0.05) is 34.5 Å². The standard InChI is InChI=1S/C6H6Cl2N2O2S/c7-4-3(13-6(8)10-4)5(12)9-1-2-11/h11H,1-2H2,(H,9,12). The summed E-state index contributed by atoms with van der Waals surface area (Å²) in [7, 11) is 0. The van der Waals surface area contributed by atoms with E-state index in [0.717, 1.165) is 11.3 Å². The van der Waals surface area contributed by atoms with Gasteiger partial charge >= 0.3 is 0 Å². The van der Waals surface area contributed by atoms with Crippen molar-refractivity contribution in [1.29, 1.82) is 0 Å². The summed E-state index contributed by atoms with van der Waals surface area (Å²) in [5.41, 5.74) is 0. The highest BCUT2D eigenvalue weighted by Gasteiger charge is 2.14. The summed E-state index contributed by atoms with van der Waals surface area (Å²) >= 11 is 12.1. The molecule has 1 heterocycles. The number of nitrogens with zero attached hydrogens (tertiary/aromatic N) is 1. The van der Waals surface area contributed by atoms with Gasteiger partial charge in [0.2, 0.25) is 0 Å². The number of carbonyl (C=O) groups is 1. The van der Waals surface area contributed by atoms with Gasteiger partial charge in [-0.2, -0.15) is 0 Å². The third-order valence-corrected chi connectivity index (χ3v) is 2.71. The Bertz CT molecular complexity index is 316. The molecule has 0 aromatic carbocycles. The molecule has 4 nitrogen and oxygen atoms in total. The van der Waals surface area contributed by atoms with Crippen LogP contribution in [0, 0.1) is 0 Å². The summed E-state index contributed by atoms with van der Waals surface area (Å²) in [6.45, 7) is 0.0700. The lowest BCUT2D eigenvalue weighted by atomic mass is 10.5. The van der Waals surface area contributed by atoms with Gasteiger partial charge < -0.3 is 10.4 Å². The van der Waals surface area contributed by atoms with E-state index in [0.29, 0.717) is 0 Å². The molecule has 0 fully saturated rings. The lowest BCUT2D eigenvalue weighted by Gasteiger charge is -1.98. The van der Waals surface area contributed by atoms with E-state index in [1.165, 1.54) is 0 Å². The zero-order chi connectivity index (χ0) is 9.84. The first-order valence-corrected chi connectivity index (χ1v) is 4.93. The monoisotopic (exact) mass is 240 g/mol. The maximum atomic E-state index is 11.2. The summed E-state index contributed by atoms with van der Waals surface area (Å²) in [4.78, 5) is 15.2. The molecular formula is C6H6Cl2N2O2S. The van der Waals surface area contributed by atoms with E-state index in [-0.39, 0.29) is 33.6 Å². The van der Waals surface area contributed by atoms with E-state index >= 15 is 0 Å². The molecule has 0 bridgehead atoms. The van der Waals surface area contributed by atoms with Crippen LogP contribution in [0.2, 0.25) is 9.62 Å². The highest BCUT2D eigenvalue weighted by Crippen LogP contribution is 2.26. The number of aliphatic hydroxyl groups excluding tert-OH is 1. The summed E-state index contributed by atoms with van der Waals surface area (Å²) in [6, 6.07) is 0. The highest BCUT2D eigenvalue weighted by atomic mass is 35.5. The minimum atomic E-state index is -0.372. The number of aromatic nitrogens is 1. The minimum Gasteiger partial charge on any atom is -0.395 e. The number of hydrogen-bond donors (Lipinski definition) is 2. The Kier molecular flexibility index (Phi) is 3.92. The van der Waals surface area contributed by atoms with Crippen LogP contribution in [0.3, 0.4) is 0 Å². The number of thiazole rings is 1. The first kappa shape index (κ1) is 10.7. The van der Waals surface area contributed by atoms with Crippen LogP contribution in [-0.4, -0.2) is 29.1 Å². The number of rotatable bonds is 3. The van der Waals surface area contributed by atoms with Crippen LogP contribution in [0.25, 0.3) is 0 Å². The molecule has 0 spiro atoms. The van der Waals surface area contributed by atoms with Crippen LogP contribution >= 0.6 is 34.5 Å². The molecule has 1 aromatic heterocycles. The first-order chi connectivity index (χ1) is 6.15.